The summed E-state index contributed by atoms with van der Waals surface area (Å²) in [5.41, 5.74) is -2.05. The Hall–Kier alpha value is -3.43. The van der Waals surface area contributed by atoms with Crippen LogP contribution in [-0.4, -0.2) is 10.9 Å². The lowest BCUT2D eigenvalue weighted by molar-refractivity contribution is -0.143. The van der Waals surface area contributed by atoms with Gasteiger partial charge in [0.25, 0.3) is 0 Å². The van der Waals surface area contributed by atoms with Gasteiger partial charge in [0, 0.05) is 23.1 Å². The number of aromatic nitrogens is 1. The van der Waals surface area contributed by atoms with Gasteiger partial charge in [0.15, 0.2) is 0 Å². The smallest absolute Gasteiger partial charge is 0.326 e. The van der Waals surface area contributed by atoms with E-state index in [1.54, 1.807) is 19.1 Å². The summed E-state index contributed by atoms with van der Waals surface area (Å²) in [5, 5.41) is 2.28. The summed E-state index contributed by atoms with van der Waals surface area (Å²) in [4.78, 5) is 16.2. The van der Waals surface area contributed by atoms with E-state index >= 15 is 0 Å². The average molecular weight is 456 g/mol. The number of rotatable bonds is 4. The van der Waals surface area contributed by atoms with Crippen molar-refractivity contribution in [3.8, 4) is 11.1 Å². The number of benzene rings is 2. The Morgan fingerprint density at radius 3 is 2.06 bits per heavy atom. The Morgan fingerprint density at radius 1 is 0.906 bits per heavy atom. The van der Waals surface area contributed by atoms with Crippen LogP contribution < -0.4 is 5.32 Å². The van der Waals surface area contributed by atoms with E-state index in [4.69, 9.17) is 0 Å². The maximum absolute atomic E-state index is 14.5. The first-order valence-corrected chi connectivity index (χ1v) is 9.14. The molecule has 0 aliphatic carbocycles. The number of anilines is 1. The Bertz CT molecular complexity index is 1120. The molecule has 10 heteroatoms. The molecular weight excluding hydrogens is 441 g/mol. The third-order valence-corrected chi connectivity index (χ3v) is 4.47. The number of hydrogen-bond acceptors (Lipinski definition) is 2. The maximum Gasteiger partial charge on any atom is 0.416 e. The van der Waals surface area contributed by atoms with E-state index in [-0.39, 0.29) is 17.3 Å². The minimum atomic E-state index is -5.02. The van der Waals surface area contributed by atoms with Gasteiger partial charge in [-0.05, 0) is 66.6 Å². The summed E-state index contributed by atoms with van der Waals surface area (Å²) in [6.45, 7) is 1.73. The number of amides is 1. The fourth-order valence-electron chi connectivity index (χ4n) is 3.05. The van der Waals surface area contributed by atoms with Gasteiger partial charge in [-0.25, -0.2) is 4.39 Å². The predicted molar refractivity (Wildman–Crippen MR) is 103 cm³/mol. The van der Waals surface area contributed by atoms with E-state index in [0.29, 0.717) is 23.4 Å². The second kappa shape index (κ2) is 8.60. The molecule has 0 radical (unpaired) electrons. The third-order valence-electron chi connectivity index (χ3n) is 4.47. The van der Waals surface area contributed by atoms with Gasteiger partial charge in [0.1, 0.15) is 5.82 Å². The van der Waals surface area contributed by atoms with Crippen LogP contribution in [0.2, 0.25) is 0 Å². The number of carbonyl (C=O) groups excluding carboxylic acids is 1. The SMILES string of the molecule is Cc1cc(-c2ccc(NC(=O)Cc3cc(C(F)(F)F)cc(C(F)(F)F)c3)cc2F)ccn1. The summed E-state index contributed by atoms with van der Waals surface area (Å²) in [6, 6.07) is 7.96. The zero-order valence-corrected chi connectivity index (χ0v) is 16.4. The van der Waals surface area contributed by atoms with E-state index in [9.17, 15) is 35.5 Å². The van der Waals surface area contributed by atoms with Crippen molar-refractivity contribution in [1.29, 1.82) is 0 Å². The molecular formula is C22H15F7N2O. The van der Waals surface area contributed by atoms with Crippen LogP contribution in [0.15, 0.2) is 54.7 Å². The van der Waals surface area contributed by atoms with Crippen LogP contribution in [0.4, 0.5) is 36.4 Å². The zero-order chi connectivity index (χ0) is 23.7. The molecule has 0 unspecified atom stereocenters. The molecule has 0 spiro atoms. The molecule has 168 valence electrons. The van der Waals surface area contributed by atoms with Crippen molar-refractivity contribution in [3.63, 3.8) is 0 Å². The van der Waals surface area contributed by atoms with Gasteiger partial charge in [-0.3, -0.25) is 9.78 Å². The molecule has 3 nitrogen and oxygen atoms in total. The van der Waals surface area contributed by atoms with Crippen LogP contribution in [0, 0.1) is 12.7 Å². The van der Waals surface area contributed by atoms with Crippen LogP contribution in [0.3, 0.4) is 0 Å². The van der Waals surface area contributed by atoms with E-state index < -0.39 is 47.2 Å². The highest BCUT2D eigenvalue weighted by Gasteiger charge is 2.37. The second-order valence-electron chi connectivity index (χ2n) is 7.02. The molecule has 1 amide bonds. The first kappa shape index (κ1) is 23.2. The monoisotopic (exact) mass is 456 g/mol. The Labute approximate surface area is 177 Å². The lowest BCUT2D eigenvalue weighted by atomic mass is 10.0. The van der Waals surface area contributed by atoms with Gasteiger partial charge in [-0.2, -0.15) is 26.3 Å². The molecule has 0 aliphatic heterocycles. The molecule has 0 atom stereocenters. The number of halogens is 7. The first-order valence-electron chi connectivity index (χ1n) is 9.14. The highest BCUT2D eigenvalue weighted by molar-refractivity contribution is 5.92. The molecule has 32 heavy (non-hydrogen) atoms. The predicted octanol–water partition coefficient (Wildman–Crippen LogP) is 6.41. The fourth-order valence-corrected chi connectivity index (χ4v) is 3.05. The molecule has 0 bridgehead atoms. The summed E-state index contributed by atoms with van der Waals surface area (Å²) in [6.07, 6.45) is -9.29. The standard InChI is InChI=1S/C22H15F7N2O/c1-12-6-14(4-5-30-12)18-3-2-17(11-19(18)23)31-20(32)9-13-7-15(21(24,25)26)10-16(8-13)22(27,28)29/h2-8,10-11H,9H2,1H3,(H,31,32). The quantitative estimate of drug-likeness (QED) is 0.461. The van der Waals surface area contributed by atoms with Crippen molar-refractivity contribution in [2.75, 3.05) is 5.32 Å². The van der Waals surface area contributed by atoms with E-state index in [1.807, 2.05) is 0 Å². The van der Waals surface area contributed by atoms with Gasteiger partial charge in [-0.15, -0.1) is 0 Å². The molecule has 1 N–H and O–H groups in total. The van der Waals surface area contributed by atoms with Gasteiger partial charge in [-0.1, -0.05) is 0 Å². The lowest BCUT2D eigenvalue weighted by Crippen LogP contribution is -2.17. The molecule has 0 aliphatic rings. The van der Waals surface area contributed by atoms with Gasteiger partial charge < -0.3 is 5.32 Å². The van der Waals surface area contributed by atoms with Crippen molar-refractivity contribution in [3.05, 3.63) is 82.9 Å². The molecule has 0 fully saturated rings. The van der Waals surface area contributed by atoms with Gasteiger partial charge in [0.2, 0.25) is 5.91 Å². The molecule has 0 saturated carbocycles. The molecule has 2 aromatic carbocycles. The largest absolute Gasteiger partial charge is 0.416 e. The number of pyridine rings is 1. The van der Waals surface area contributed by atoms with Crippen molar-refractivity contribution in [2.45, 2.75) is 25.7 Å². The lowest BCUT2D eigenvalue weighted by Gasteiger charge is -2.14. The number of nitrogens with zero attached hydrogens (tertiary/aromatic N) is 1. The van der Waals surface area contributed by atoms with E-state index in [2.05, 4.69) is 10.3 Å². The van der Waals surface area contributed by atoms with Crippen LogP contribution in [0.5, 0.6) is 0 Å². The van der Waals surface area contributed by atoms with E-state index in [0.717, 1.165) is 6.07 Å². The highest BCUT2D eigenvalue weighted by Crippen LogP contribution is 2.36. The van der Waals surface area contributed by atoms with Crippen LogP contribution >= 0.6 is 0 Å². The number of aryl methyl sites for hydroxylation is 1. The summed E-state index contributed by atoms with van der Waals surface area (Å²) in [7, 11) is 0. The van der Waals surface area contributed by atoms with Crippen molar-refractivity contribution in [2.24, 2.45) is 0 Å². The Morgan fingerprint density at radius 2 is 1.53 bits per heavy atom. The fraction of sp³-hybridized carbons (Fsp3) is 0.182. The minimum absolute atomic E-state index is 0.00467. The molecule has 1 heterocycles. The molecule has 0 saturated heterocycles. The number of nitrogens with one attached hydrogen (secondary N) is 1. The maximum atomic E-state index is 14.5. The summed E-state index contributed by atoms with van der Waals surface area (Å²) < 4.78 is 92.2. The zero-order valence-electron chi connectivity index (χ0n) is 16.4. The Balaban J connectivity index is 1.81. The average Bonchev–Trinajstić information content (AvgIpc) is 2.66. The minimum Gasteiger partial charge on any atom is -0.326 e. The van der Waals surface area contributed by atoms with Crippen LogP contribution in [0.1, 0.15) is 22.4 Å². The van der Waals surface area contributed by atoms with Gasteiger partial charge >= 0.3 is 12.4 Å². The van der Waals surface area contributed by atoms with E-state index in [1.165, 1.54) is 18.3 Å². The van der Waals surface area contributed by atoms with Crippen molar-refractivity contribution in [1.82, 2.24) is 4.98 Å². The normalized spacial score (nSPS) is 12.0. The van der Waals surface area contributed by atoms with Crippen molar-refractivity contribution < 1.29 is 35.5 Å². The highest BCUT2D eigenvalue weighted by atomic mass is 19.4. The second-order valence-corrected chi connectivity index (χ2v) is 7.02. The van der Waals surface area contributed by atoms with Crippen LogP contribution in [-0.2, 0) is 23.6 Å². The molecule has 3 aromatic rings. The molecule has 1 aromatic heterocycles. The van der Waals surface area contributed by atoms with Gasteiger partial charge in [0.05, 0.1) is 17.5 Å². The third kappa shape index (κ3) is 5.63. The topological polar surface area (TPSA) is 42.0 Å². The summed E-state index contributed by atoms with van der Waals surface area (Å²) >= 11 is 0. The summed E-state index contributed by atoms with van der Waals surface area (Å²) in [5.74, 6) is -1.57. The van der Waals surface area contributed by atoms with Crippen LogP contribution in [0.25, 0.3) is 11.1 Å². The van der Waals surface area contributed by atoms with Crippen molar-refractivity contribution >= 4 is 11.6 Å². The number of alkyl halides is 6. The number of hydrogen-bond donors (Lipinski definition) is 1. The Kier molecular flexibility index (Phi) is 6.25. The molecule has 3 rings (SSSR count). The number of carbonyl (C=O) groups is 1. The first-order chi connectivity index (χ1) is 14.8.